The van der Waals surface area contributed by atoms with Crippen LogP contribution in [0.25, 0.3) is 0 Å². The number of hydrogen-bond acceptors (Lipinski definition) is 8. The van der Waals surface area contributed by atoms with E-state index in [4.69, 9.17) is 10.5 Å². The van der Waals surface area contributed by atoms with E-state index < -0.39 is 11.9 Å². The van der Waals surface area contributed by atoms with Gasteiger partial charge in [0.25, 0.3) is 5.91 Å². The SMILES string of the molecule is Cc1c(C(N)=O)sc(NC(=O)CSc2nnc(C3CC3c3ccccc3)n2C)c1C(=O)OC(C)C. The summed E-state index contributed by atoms with van der Waals surface area (Å²) in [4.78, 5) is 37.3. The van der Waals surface area contributed by atoms with Gasteiger partial charge in [0.15, 0.2) is 5.16 Å². The molecule has 0 bridgehead atoms. The van der Waals surface area contributed by atoms with Crippen LogP contribution in [0.4, 0.5) is 5.00 Å². The number of carbonyl (C=O) groups is 3. The van der Waals surface area contributed by atoms with Crippen LogP contribution < -0.4 is 11.1 Å². The van der Waals surface area contributed by atoms with E-state index in [9.17, 15) is 14.4 Å². The monoisotopic (exact) mass is 513 g/mol. The molecule has 3 aromatic rings. The summed E-state index contributed by atoms with van der Waals surface area (Å²) in [6.45, 7) is 5.06. The van der Waals surface area contributed by atoms with E-state index in [2.05, 4.69) is 27.6 Å². The molecule has 1 saturated carbocycles. The van der Waals surface area contributed by atoms with Crippen LogP contribution in [-0.2, 0) is 16.6 Å². The van der Waals surface area contributed by atoms with Gasteiger partial charge >= 0.3 is 5.97 Å². The third-order valence-corrected chi connectivity index (χ3v) is 7.96. The van der Waals surface area contributed by atoms with Gasteiger partial charge in [-0.15, -0.1) is 21.5 Å². The van der Waals surface area contributed by atoms with Gasteiger partial charge in [-0.25, -0.2) is 4.79 Å². The average Bonchev–Trinajstić information content (AvgIpc) is 3.41. The van der Waals surface area contributed by atoms with E-state index in [1.807, 2.05) is 29.8 Å². The van der Waals surface area contributed by atoms with Gasteiger partial charge in [0.05, 0.1) is 22.3 Å². The van der Waals surface area contributed by atoms with Crippen molar-refractivity contribution in [3.05, 3.63) is 57.7 Å². The molecule has 4 rings (SSSR count). The van der Waals surface area contributed by atoms with Gasteiger partial charge in [-0.1, -0.05) is 42.1 Å². The van der Waals surface area contributed by atoms with Crippen LogP contribution in [-0.4, -0.2) is 44.4 Å². The maximum absolute atomic E-state index is 12.7. The second-order valence-electron chi connectivity index (χ2n) is 8.67. The molecule has 3 N–H and O–H groups in total. The standard InChI is InChI=1S/C24H27N5O4S2/c1-12(2)33-23(32)18-13(3)19(20(25)31)35-22(18)26-17(30)11-34-24-28-27-21(29(24)4)16-10-15(16)14-8-6-5-7-9-14/h5-9,12,15-16H,10-11H2,1-4H3,(H2,25,31)(H,26,30). The molecule has 2 amide bonds. The maximum atomic E-state index is 12.7. The van der Waals surface area contributed by atoms with Gasteiger partial charge in [0.1, 0.15) is 10.8 Å². The van der Waals surface area contributed by atoms with Crippen molar-refractivity contribution in [2.75, 3.05) is 11.1 Å². The molecule has 9 nitrogen and oxygen atoms in total. The molecule has 2 atom stereocenters. The minimum absolute atomic E-state index is 0.0558. The summed E-state index contributed by atoms with van der Waals surface area (Å²) in [6.07, 6.45) is 0.673. The van der Waals surface area contributed by atoms with E-state index in [0.29, 0.717) is 22.6 Å². The summed E-state index contributed by atoms with van der Waals surface area (Å²) in [5.74, 6) is 0.0884. The number of thiophene rings is 1. The van der Waals surface area contributed by atoms with E-state index in [1.165, 1.54) is 17.3 Å². The lowest BCUT2D eigenvalue weighted by atomic mass is 10.1. The summed E-state index contributed by atoms with van der Waals surface area (Å²) in [6, 6.07) is 10.3. The van der Waals surface area contributed by atoms with Crippen molar-refractivity contribution in [2.45, 2.75) is 50.3 Å². The number of ether oxygens (including phenoxy) is 1. The molecule has 1 aliphatic carbocycles. The molecule has 184 valence electrons. The maximum Gasteiger partial charge on any atom is 0.341 e. The molecule has 0 saturated heterocycles. The quantitative estimate of drug-likeness (QED) is 0.328. The van der Waals surface area contributed by atoms with Crippen molar-refractivity contribution in [2.24, 2.45) is 12.8 Å². The highest BCUT2D eigenvalue weighted by molar-refractivity contribution is 7.99. The Labute approximate surface area is 211 Å². The average molecular weight is 514 g/mol. The molecule has 0 aliphatic heterocycles. The van der Waals surface area contributed by atoms with Crippen molar-refractivity contribution in [1.82, 2.24) is 14.8 Å². The summed E-state index contributed by atoms with van der Waals surface area (Å²) in [7, 11) is 1.90. The van der Waals surface area contributed by atoms with Crippen LogP contribution in [0.1, 0.15) is 69.1 Å². The van der Waals surface area contributed by atoms with Crippen molar-refractivity contribution in [3.8, 4) is 0 Å². The minimum Gasteiger partial charge on any atom is -0.459 e. The van der Waals surface area contributed by atoms with Crippen LogP contribution in [0, 0.1) is 6.92 Å². The molecule has 2 unspecified atom stereocenters. The molecule has 1 fully saturated rings. The van der Waals surface area contributed by atoms with Crippen molar-refractivity contribution in [1.29, 1.82) is 0 Å². The number of nitrogens with one attached hydrogen (secondary N) is 1. The first-order valence-electron chi connectivity index (χ1n) is 11.2. The zero-order chi connectivity index (χ0) is 25.3. The Bertz CT molecular complexity index is 1270. The Hall–Kier alpha value is -3.18. The van der Waals surface area contributed by atoms with E-state index in [0.717, 1.165) is 23.6 Å². The smallest absolute Gasteiger partial charge is 0.341 e. The third-order valence-electron chi connectivity index (χ3n) is 5.72. The number of hydrogen-bond donors (Lipinski definition) is 2. The summed E-state index contributed by atoms with van der Waals surface area (Å²) in [5.41, 5.74) is 7.28. The molecule has 0 radical (unpaired) electrons. The topological polar surface area (TPSA) is 129 Å². The molecule has 35 heavy (non-hydrogen) atoms. The molecule has 0 spiro atoms. The first-order valence-corrected chi connectivity index (χ1v) is 13.0. The van der Waals surface area contributed by atoms with Crippen molar-refractivity contribution in [3.63, 3.8) is 0 Å². The number of nitrogens with two attached hydrogens (primary N) is 1. The predicted octanol–water partition coefficient (Wildman–Crippen LogP) is 3.85. The lowest BCUT2D eigenvalue weighted by Crippen LogP contribution is -2.18. The van der Waals surface area contributed by atoms with Crippen LogP contribution in [0.2, 0.25) is 0 Å². The fourth-order valence-electron chi connectivity index (χ4n) is 3.97. The molecule has 1 aliphatic rings. The van der Waals surface area contributed by atoms with E-state index in [-0.39, 0.29) is 33.2 Å². The first-order chi connectivity index (χ1) is 16.7. The number of anilines is 1. The van der Waals surface area contributed by atoms with E-state index in [1.54, 1.807) is 20.8 Å². The molecule has 2 aromatic heterocycles. The Morgan fingerprint density at radius 1 is 1.23 bits per heavy atom. The molecular formula is C24H27N5O4S2. The number of carbonyl (C=O) groups excluding carboxylic acids is 3. The van der Waals surface area contributed by atoms with Gasteiger partial charge in [-0.3, -0.25) is 9.59 Å². The van der Waals surface area contributed by atoms with Gasteiger partial charge in [-0.05, 0) is 44.2 Å². The lowest BCUT2D eigenvalue weighted by molar-refractivity contribution is -0.113. The van der Waals surface area contributed by atoms with Crippen LogP contribution in [0.3, 0.4) is 0 Å². The first kappa shape index (κ1) is 24.9. The Morgan fingerprint density at radius 3 is 2.60 bits per heavy atom. The highest BCUT2D eigenvalue weighted by Gasteiger charge is 2.43. The third kappa shape index (κ3) is 5.40. The summed E-state index contributed by atoms with van der Waals surface area (Å²) >= 11 is 2.22. The van der Waals surface area contributed by atoms with Gasteiger partial charge in [-0.2, -0.15) is 0 Å². The normalized spacial score (nSPS) is 16.8. The molecule has 2 heterocycles. The summed E-state index contributed by atoms with van der Waals surface area (Å²) in [5, 5.41) is 12.2. The minimum atomic E-state index is -0.665. The fourth-order valence-corrected chi connectivity index (χ4v) is 5.75. The number of aromatic nitrogens is 3. The Balaban J connectivity index is 1.42. The van der Waals surface area contributed by atoms with Crippen molar-refractivity contribution < 1.29 is 19.1 Å². The van der Waals surface area contributed by atoms with Crippen LogP contribution in [0.5, 0.6) is 0 Å². The zero-order valence-corrected chi connectivity index (χ0v) is 21.5. The molecular weight excluding hydrogens is 486 g/mol. The number of benzene rings is 1. The van der Waals surface area contributed by atoms with Crippen LogP contribution in [0.15, 0.2) is 35.5 Å². The largest absolute Gasteiger partial charge is 0.459 e. The predicted molar refractivity (Wildman–Crippen MR) is 135 cm³/mol. The molecule has 11 heteroatoms. The number of nitrogens with zero attached hydrogens (tertiary/aromatic N) is 3. The number of thioether (sulfide) groups is 1. The van der Waals surface area contributed by atoms with Gasteiger partial charge < -0.3 is 20.4 Å². The Kier molecular flexibility index (Phi) is 7.27. The number of esters is 1. The molecule has 1 aromatic carbocycles. The van der Waals surface area contributed by atoms with E-state index >= 15 is 0 Å². The van der Waals surface area contributed by atoms with Gasteiger partial charge in [0.2, 0.25) is 5.91 Å². The number of primary amides is 1. The zero-order valence-electron chi connectivity index (χ0n) is 19.9. The number of amides is 2. The lowest BCUT2D eigenvalue weighted by Gasteiger charge is -2.10. The summed E-state index contributed by atoms with van der Waals surface area (Å²) < 4.78 is 7.21. The van der Waals surface area contributed by atoms with Crippen LogP contribution >= 0.6 is 23.1 Å². The highest BCUT2D eigenvalue weighted by atomic mass is 32.2. The van der Waals surface area contributed by atoms with Gasteiger partial charge in [0, 0.05) is 13.0 Å². The number of rotatable bonds is 9. The fraction of sp³-hybridized carbons (Fsp3) is 0.375. The highest BCUT2D eigenvalue weighted by Crippen LogP contribution is 2.54. The Morgan fingerprint density at radius 2 is 1.94 bits per heavy atom. The second kappa shape index (κ2) is 10.2. The van der Waals surface area contributed by atoms with Crippen molar-refractivity contribution >= 4 is 45.9 Å². The second-order valence-corrected chi connectivity index (χ2v) is 10.6.